The van der Waals surface area contributed by atoms with E-state index in [2.05, 4.69) is 10.3 Å². The maximum absolute atomic E-state index is 11.9. The van der Waals surface area contributed by atoms with Crippen molar-refractivity contribution in [3.63, 3.8) is 0 Å². The van der Waals surface area contributed by atoms with Crippen LogP contribution in [0.25, 0.3) is 0 Å². The van der Waals surface area contributed by atoms with E-state index in [1.54, 1.807) is 18.4 Å². The first-order valence-electron chi connectivity index (χ1n) is 5.23. The number of furan rings is 1. The van der Waals surface area contributed by atoms with Gasteiger partial charge < -0.3 is 9.73 Å². The van der Waals surface area contributed by atoms with Crippen molar-refractivity contribution in [1.29, 1.82) is 0 Å². The number of rotatable bonds is 3. The molecule has 2 aromatic rings. The molecule has 0 aromatic carbocycles. The standard InChI is InChI=1S/C12H10Cl2N2O2/c1-7(10-3-2-4-18-10)16-12(17)8-5-9(13)11(14)15-6-8/h2-7H,1H3,(H,16,17)/t7-/m0/s1. The van der Waals surface area contributed by atoms with Crippen LogP contribution in [-0.2, 0) is 0 Å². The average molecular weight is 285 g/mol. The monoisotopic (exact) mass is 284 g/mol. The summed E-state index contributed by atoms with van der Waals surface area (Å²) >= 11 is 11.5. The van der Waals surface area contributed by atoms with Gasteiger partial charge in [0.2, 0.25) is 0 Å². The lowest BCUT2D eigenvalue weighted by atomic mass is 10.2. The summed E-state index contributed by atoms with van der Waals surface area (Å²) < 4.78 is 5.20. The first-order valence-corrected chi connectivity index (χ1v) is 5.99. The van der Waals surface area contributed by atoms with Crippen LogP contribution in [0.2, 0.25) is 10.2 Å². The summed E-state index contributed by atoms with van der Waals surface area (Å²) in [6.45, 7) is 1.82. The van der Waals surface area contributed by atoms with Crippen molar-refractivity contribution < 1.29 is 9.21 Å². The largest absolute Gasteiger partial charge is 0.467 e. The van der Waals surface area contributed by atoms with Gasteiger partial charge >= 0.3 is 0 Å². The predicted octanol–water partition coefficient (Wildman–Crippen LogP) is 3.47. The smallest absolute Gasteiger partial charge is 0.253 e. The average Bonchev–Trinajstić information content (AvgIpc) is 2.86. The highest BCUT2D eigenvalue weighted by atomic mass is 35.5. The van der Waals surface area contributed by atoms with Gasteiger partial charge in [0, 0.05) is 6.20 Å². The van der Waals surface area contributed by atoms with Crippen molar-refractivity contribution in [3.05, 3.63) is 52.2 Å². The Bertz CT molecular complexity index is 555. The third kappa shape index (κ3) is 2.83. The Kier molecular flexibility index (Phi) is 3.89. The van der Waals surface area contributed by atoms with E-state index >= 15 is 0 Å². The van der Waals surface area contributed by atoms with Crippen LogP contribution in [0.5, 0.6) is 0 Å². The number of amides is 1. The predicted molar refractivity (Wildman–Crippen MR) is 68.8 cm³/mol. The van der Waals surface area contributed by atoms with E-state index in [4.69, 9.17) is 27.6 Å². The van der Waals surface area contributed by atoms with E-state index in [0.29, 0.717) is 11.3 Å². The van der Waals surface area contributed by atoms with Crippen LogP contribution in [0.3, 0.4) is 0 Å². The van der Waals surface area contributed by atoms with E-state index in [9.17, 15) is 4.79 Å². The van der Waals surface area contributed by atoms with Crippen LogP contribution in [0.1, 0.15) is 29.1 Å². The molecule has 2 aromatic heterocycles. The zero-order chi connectivity index (χ0) is 13.1. The van der Waals surface area contributed by atoms with Crippen LogP contribution in [0.15, 0.2) is 35.1 Å². The van der Waals surface area contributed by atoms with Gasteiger partial charge in [-0.2, -0.15) is 0 Å². The number of pyridine rings is 1. The molecule has 4 nitrogen and oxygen atoms in total. The SMILES string of the molecule is C[C@H](NC(=O)c1cnc(Cl)c(Cl)c1)c1ccco1. The molecular weight excluding hydrogens is 275 g/mol. The Morgan fingerprint density at radius 1 is 1.50 bits per heavy atom. The van der Waals surface area contributed by atoms with Crippen molar-refractivity contribution >= 4 is 29.1 Å². The van der Waals surface area contributed by atoms with Gasteiger partial charge in [-0.15, -0.1) is 0 Å². The lowest BCUT2D eigenvalue weighted by Gasteiger charge is -2.11. The first kappa shape index (κ1) is 12.9. The Morgan fingerprint density at radius 3 is 2.89 bits per heavy atom. The molecule has 0 saturated heterocycles. The van der Waals surface area contributed by atoms with Gasteiger partial charge in [-0.3, -0.25) is 4.79 Å². The number of aromatic nitrogens is 1. The molecule has 18 heavy (non-hydrogen) atoms. The molecule has 94 valence electrons. The van der Waals surface area contributed by atoms with Gasteiger partial charge in [-0.05, 0) is 25.1 Å². The second kappa shape index (κ2) is 5.42. The number of nitrogens with one attached hydrogen (secondary N) is 1. The van der Waals surface area contributed by atoms with Gasteiger partial charge in [0.25, 0.3) is 5.91 Å². The van der Waals surface area contributed by atoms with Crippen molar-refractivity contribution in [2.45, 2.75) is 13.0 Å². The molecule has 0 bridgehead atoms. The molecule has 0 aliphatic carbocycles. The van der Waals surface area contributed by atoms with E-state index in [-0.39, 0.29) is 22.1 Å². The minimum Gasteiger partial charge on any atom is -0.467 e. The normalized spacial score (nSPS) is 12.2. The van der Waals surface area contributed by atoms with Crippen LogP contribution < -0.4 is 5.32 Å². The molecule has 1 N–H and O–H groups in total. The number of carbonyl (C=O) groups excluding carboxylic acids is 1. The van der Waals surface area contributed by atoms with Crippen molar-refractivity contribution in [2.24, 2.45) is 0 Å². The van der Waals surface area contributed by atoms with Crippen LogP contribution in [-0.4, -0.2) is 10.9 Å². The summed E-state index contributed by atoms with van der Waals surface area (Å²) in [6.07, 6.45) is 2.93. The molecule has 0 radical (unpaired) electrons. The van der Waals surface area contributed by atoms with Crippen molar-refractivity contribution in [2.75, 3.05) is 0 Å². The molecule has 6 heteroatoms. The highest BCUT2D eigenvalue weighted by Gasteiger charge is 2.14. The zero-order valence-corrected chi connectivity index (χ0v) is 11.0. The fourth-order valence-electron chi connectivity index (χ4n) is 1.43. The second-order valence-corrected chi connectivity index (χ2v) is 4.47. The molecule has 0 aliphatic rings. The highest BCUT2D eigenvalue weighted by molar-refractivity contribution is 6.41. The van der Waals surface area contributed by atoms with Crippen LogP contribution >= 0.6 is 23.2 Å². The van der Waals surface area contributed by atoms with E-state index in [0.717, 1.165) is 0 Å². The van der Waals surface area contributed by atoms with E-state index < -0.39 is 0 Å². The van der Waals surface area contributed by atoms with Crippen molar-refractivity contribution in [1.82, 2.24) is 10.3 Å². The topological polar surface area (TPSA) is 55.1 Å². The number of hydrogen-bond acceptors (Lipinski definition) is 3. The number of nitrogens with zero attached hydrogens (tertiary/aromatic N) is 1. The second-order valence-electron chi connectivity index (χ2n) is 3.71. The van der Waals surface area contributed by atoms with Crippen molar-refractivity contribution in [3.8, 4) is 0 Å². The molecule has 0 aliphatic heterocycles. The highest BCUT2D eigenvalue weighted by Crippen LogP contribution is 2.20. The number of halogens is 2. The van der Waals surface area contributed by atoms with E-state index in [1.165, 1.54) is 12.3 Å². The van der Waals surface area contributed by atoms with Gasteiger partial charge in [-0.1, -0.05) is 23.2 Å². The summed E-state index contributed by atoms with van der Waals surface area (Å²) in [4.78, 5) is 15.7. The Morgan fingerprint density at radius 2 is 2.28 bits per heavy atom. The summed E-state index contributed by atoms with van der Waals surface area (Å²) in [5.41, 5.74) is 0.350. The fraction of sp³-hybridized carbons (Fsp3) is 0.167. The maximum Gasteiger partial charge on any atom is 0.253 e. The maximum atomic E-state index is 11.9. The molecule has 0 fully saturated rings. The van der Waals surface area contributed by atoms with E-state index in [1.807, 2.05) is 6.92 Å². The number of hydrogen-bond donors (Lipinski definition) is 1. The summed E-state index contributed by atoms with van der Waals surface area (Å²) in [7, 11) is 0. The van der Waals surface area contributed by atoms with Gasteiger partial charge in [-0.25, -0.2) is 4.98 Å². The fourth-order valence-corrected chi connectivity index (χ4v) is 1.70. The molecule has 0 unspecified atom stereocenters. The minimum atomic E-state index is -0.287. The molecule has 2 heterocycles. The summed E-state index contributed by atoms with van der Waals surface area (Å²) in [5.74, 6) is 0.390. The molecule has 1 atom stereocenters. The lowest BCUT2D eigenvalue weighted by Crippen LogP contribution is -2.26. The van der Waals surface area contributed by atoms with Gasteiger partial charge in [0.1, 0.15) is 10.9 Å². The summed E-state index contributed by atoms with van der Waals surface area (Å²) in [6, 6.07) is 4.79. The van der Waals surface area contributed by atoms with Gasteiger partial charge in [0.15, 0.2) is 0 Å². The molecule has 1 amide bonds. The molecule has 0 saturated carbocycles. The van der Waals surface area contributed by atoms with Gasteiger partial charge in [0.05, 0.1) is 22.9 Å². The van der Waals surface area contributed by atoms with Crippen LogP contribution in [0.4, 0.5) is 0 Å². The molecular formula is C12H10Cl2N2O2. The van der Waals surface area contributed by atoms with Crippen LogP contribution in [0, 0.1) is 0 Å². The minimum absolute atomic E-state index is 0.173. The third-order valence-corrected chi connectivity index (χ3v) is 3.06. The number of carbonyl (C=O) groups is 1. The Balaban J connectivity index is 2.10. The lowest BCUT2D eigenvalue weighted by molar-refractivity contribution is 0.0935. The Hall–Kier alpha value is -1.52. The molecule has 0 spiro atoms. The Labute approximate surface area is 114 Å². The summed E-state index contributed by atoms with van der Waals surface area (Å²) in [5, 5.41) is 3.19. The molecule has 2 rings (SSSR count). The quantitative estimate of drug-likeness (QED) is 0.878. The third-order valence-electron chi connectivity index (χ3n) is 2.38. The first-order chi connectivity index (χ1) is 8.58. The zero-order valence-electron chi connectivity index (χ0n) is 9.48.